The molecule has 0 saturated heterocycles. The zero-order valence-corrected chi connectivity index (χ0v) is 20.9. The van der Waals surface area contributed by atoms with Gasteiger partial charge in [0.05, 0.1) is 0 Å². The number of hydrogen-bond acceptors (Lipinski definition) is 2. The van der Waals surface area contributed by atoms with Crippen molar-refractivity contribution in [2.75, 3.05) is 0 Å². The molecule has 0 aromatic carbocycles. The topological polar surface area (TPSA) is 0 Å². The monoisotopic (exact) mass is 394 g/mol. The van der Waals surface area contributed by atoms with E-state index in [1.807, 2.05) is 0 Å². The van der Waals surface area contributed by atoms with Gasteiger partial charge in [0, 0.05) is 21.0 Å². The molecule has 0 amide bonds. The summed E-state index contributed by atoms with van der Waals surface area (Å²) in [6.45, 7) is 28.7. The minimum Gasteiger partial charge on any atom is -0.144 e. The van der Waals surface area contributed by atoms with E-state index in [0.717, 1.165) is 0 Å². The summed E-state index contributed by atoms with van der Waals surface area (Å²) < 4.78 is 0. The SMILES string of the molecule is CC(C)(C)C1=C[C@@H]([C@H]2C=C(C(C)(C)C)[C@@H](C(C)(C)C)S2)S[C@H]1C(C)(C)C. The molecule has 2 heterocycles. The molecule has 26 heavy (non-hydrogen) atoms. The van der Waals surface area contributed by atoms with Gasteiger partial charge in [0.1, 0.15) is 0 Å². The second-order valence-electron chi connectivity index (χ2n) is 12.4. The molecule has 0 aromatic rings. The van der Waals surface area contributed by atoms with Gasteiger partial charge in [-0.3, -0.25) is 0 Å². The molecule has 0 radical (unpaired) electrons. The van der Waals surface area contributed by atoms with E-state index in [9.17, 15) is 0 Å². The zero-order chi connectivity index (χ0) is 20.3. The minimum absolute atomic E-state index is 0.253. The Hall–Kier alpha value is 0.180. The Morgan fingerprint density at radius 2 is 0.808 bits per heavy atom. The van der Waals surface area contributed by atoms with Crippen molar-refractivity contribution in [2.24, 2.45) is 21.7 Å². The highest BCUT2D eigenvalue weighted by atomic mass is 32.2. The van der Waals surface area contributed by atoms with E-state index in [1.165, 1.54) is 0 Å². The summed E-state index contributed by atoms with van der Waals surface area (Å²) in [6.07, 6.45) is 5.28. The van der Waals surface area contributed by atoms with Gasteiger partial charge in [0.15, 0.2) is 0 Å². The van der Waals surface area contributed by atoms with Crippen LogP contribution >= 0.6 is 23.5 Å². The van der Waals surface area contributed by atoms with Crippen LogP contribution in [0, 0.1) is 21.7 Å². The number of thioether (sulfide) groups is 2. The molecule has 2 rings (SSSR count). The molecule has 0 nitrogen and oxygen atoms in total. The highest BCUT2D eigenvalue weighted by Crippen LogP contribution is 2.56. The molecule has 2 heteroatoms. The quantitative estimate of drug-likeness (QED) is 0.413. The van der Waals surface area contributed by atoms with Crippen molar-refractivity contribution < 1.29 is 0 Å². The van der Waals surface area contributed by atoms with Crippen LogP contribution in [0.15, 0.2) is 23.3 Å². The number of hydrogen-bond donors (Lipinski definition) is 0. The minimum atomic E-state index is 0.253. The average Bonchev–Trinajstić information content (AvgIpc) is 3.00. The summed E-state index contributed by atoms with van der Waals surface area (Å²) in [5, 5.41) is 2.44. The van der Waals surface area contributed by atoms with Gasteiger partial charge in [-0.25, -0.2) is 0 Å². The molecular formula is C24H42S2. The summed E-state index contributed by atoms with van der Waals surface area (Å²) in [6, 6.07) is 0. The Morgan fingerprint density at radius 1 is 0.538 bits per heavy atom. The first-order chi connectivity index (χ1) is 11.4. The first-order valence-electron chi connectivity index (χ1n) is 10.2. The average molecular weight is 395 g/mol. The van der Waals surface area contributed by atoms with Gasteiger partial charge in [-0.2, -0.15) is 0 Å². The molecule has 0 aromatic heterocycles. The van der Waals surface area contributed by atoms with Crippen LogP contribution < -0.4 is 0 Å². The van der Waals surface area contributed by atoms with Crippen LogP contribution in [0.2, 0.25) is 0 Å². The van der Waals surface area contributed by atoms with E-state index in [1.54, 1.807) is 11.1 Å². The Labute approximate surface area is 172 Å². The lowest BCUT2D eigenvalue weighted by Crippen LogP contribution is -2.29. The van der Waals surface area contributed by atoms with Crippen LogP contribution in [0.5, 0.6) is 0 Å². The van der Waals surface area contributed by atoms with Crippen LogP contribution in [0.3, 0.4) is 0 Å². The molecule has 2 aliphatic rings. The second-order valence-corrected chi connectivity index (χ2v) is 15.0. The van der Waals surface area contributed by atoms with Crippen molar-refractivity contribution in [1.82, 2.24) is 0 Å². The van der Waals surface area contributed by atoms with E-state index in [0.29, 0.717) is 31.8 Å². The summed E-state index contributed by atoms with van der Waals surface area (Å²) in [4.78, 5) is 0. The second kappa shape index (κ2) is 6.90. The Balaban J connectivity index is 2.37. The third-order valence-corrected chi connectivity index (χ3v) is 9.59. The predicted octanol–water partition coefficient (Wildman–Crippen LogP) is 7.99. The standard InChI is InChI=1S/C24H42S2/c1-21(2,3)15-13-17(25-19(15)23(7,8)9)18-14-16(22(4,5)6)20(26-18)24(10,11)12/h13-14,17-20H,1-12H3/t17-,18+,19+,20-. The lowest BCUT2D eigenvalue weighted by molar-refractivity contribution is 0.373. The maximum absolute atomic E-state index is 2.64. The molecule has 0 fully saturated rings. The molecule has 0 aliphatic carbocycles. The van der Waals surface area contributed by atoms with Crippen LogP contribution in [-0.4, -0.2) is 21.0 Å². The van der Waals surface area contributed by atoms with Gasteiger partial charge in [0.25, 0.3) is 0 Å². The van der Waals surface area contributed by atoms with E-state index < -0.39 is 0 Å². The lowest BCUT2D eigenvalue weighted by Gasteiger charge is -2.36. The van der Waals surface area contributed by atoms with Gasteiger partial charge in [-0.15, -0.1) is 23.5 Å². The third-order valence-electron chi connectivity index (χ3n) is 5.47. The van der Waals surface area contributed by atoms with Crippen molar-refractivity contribution in [3.8, 4) is 0 Å². The fraction of sp³-hybridized carbons (Fsp3) is 0.833. The smallest absolute Gasteiger partial charge is 0.0391 e. The zero-order valence-electron chi connectivity index (χ0n) is 19.3. The summed E-state index contributed by atoms with van der Waals surface area (Å²) in [5.41, 5.74) is 4.44. The highest BCUT2D eigenvalue weighted by Gasteiger charge is 2.46. The normalized spacial score (nSPS) is 31.2. The molecule has 4 atom stereocenters. The first kappa shape index (κ1) is 22.5. The predicted molar refractivity (Wildman–Crippen MR) is 124 cm³/mol. The van der Waals surface area contributed by atoms with Gasteiger partial charge < -0.3 is 0 Å². The summed E-state index contributed by atoms with van der Waals surface area (Å²) >= 11 is 4.43. The molecule has 0 N–H and O–H groups in total. The van der Waals surface area contributed by atoms with E-state index >= 15 is 0 Å². The van der Waals surface area contributed by atoms with Crippen LogP contribution in [-0.2, 0) is 0 Å². The molecule has 2 aliphatic heterocycles. The van der Waals surface area contributed by atoms with Crippen molar-refractivity contribution in [3.05, 3.63) is 23.3 Å². The summed E-state index contributed by atoms with van der Waals surface area (Å²) in [5.74, 6) is 0. The van der Waals surface area contributed by atoms with Gasteiger partial charge >= 0.3 is 0 Å². The van der Waals surface area contributed by atoms with Crippen LogP contribution in [0.25, 0.3) is 0 Å². The third kappa shape index (κ3) is 4.77. The maximum atomic E-state index is 2.64. The van der Waals surface area contributed by atoms with Crippen molar-refractivity contribution in [3.63, 3.8) is 0 Å². The Morgan fingerprint density at radius 3 is 0.962 bits per heavy atom. The molecule has 0 saturated carbocycles. The molecule has 150 valence electrons. The van der Waals surface area contributed by atoms with Crippen molar-refractivity contribution >= 4 is 23.5 Å². The molecule has 0 bridgehead atoms. The number of rotatable bonds is 1. The fourth-order valence-electron chi connectivity index (χ4n) is 4.04. The fourth-order valence-corrected chi connectivity index (χ4v) is 7.95. The van der Waals surface area contributed by atoms with Gasteiger partial charge in [-0.1, -0.05) is 106 Å². The van der Waals surface area contributed by atoms with Gasteiger partial charge in [-0.05, 0) is 21.7 Å². The Kier molecular flexibility index (Phi) is 5.97. The van der Waals surface area contributed by atoms with Crippen LogP contribution in [0.1, 0.15) is 83.1 Å². The largest absolute Gasteiger partial charge is 0.144 e. The highest BCUT2D eigenvalue weighted by molar-refractivity contribution is 8.05. The summed E-state index contributed by atoms with van der Waals surface area (Å²) in [7, 11) is 0. The van der Waals surface area contributed by atoms with E-state index in [-0.39, 0.29) is 10.8 Å². The lowest BCUT2D eigenvalue weighted by atomic mass is 9.75. The van der Waals surface area contributed by atoms with Crippen LogP contribution in [0.4, 0.5) is 0 Å². The van der Waals surface area contributed by atoms with E-state index in [2.05, 4.69) is 119 Å². The first-order valence-corrected chi connectivity index (χ1v) is 12.1. The molecule has 0 spiro atoms. The van der Waals surface area contributed by atoms with Gasteiger partial charge in [0.2, 0.25) is 0 Å². The van der Waals surface area contributed by atoms with E-state index in [4.69, 9.17) is 0 Å². The van der Waals surface area contributed by atoms with Crippen molar-refractivity contribution in [2.45, 2.75) is 104 Å². The maximum Gasteiger partial charge on any atom is 0.0391 e. The Bertz CT molecular complexity index is 528. The molecule has 0 unspecified atom stereocenters. The van der Waals surface area contributed by atoms with Crippen molar-refractivity contribution in [1.29, 1.82) is 0 Å². The molecular weight excluding hydrogens is 352 g/mol.